The molecular weight excluding hydrogens is 338 g/mol. The third-order valence-electron chi connectivity index (χ3n) is 5.46. The minimum absolute atomic E-state index is 0.546. The molecule has 5 nitrogen and oxygen atoms in total. The number of hydrogen-bond donors (Lipinski definition) is 1. The average Bonchev–Trinajstić information content (AvgIpc) is 2.93. The molecule has 1 unspecified atom stereocenters. The fraction of sp³-hybridized carbons (Fsp3) is 0.421. The lowest BCUT2D eigenvalue weighted by Crippen LogP contribution is -2.63. The zero-order valence-corrected chi connectivity index (χ0v) is 14.8. The Bertz CT molecular complexity index is 813. The van der Waals surface area contributed by atoms with E-state index in [1.165, 1.54) is 12.8 Å². The van der Waals surface area contributed by atoms with E-state index in [-0.39, 0.29) is 0 Å². The highest BCUT2D eigenvalue weighted by molar-refractivity contribution is 6.30. The summed E-state index contributed by atoms with van der Waals surface area (Å²) in [6, 6.07) is 10.9. The van der Waals surface area contributed by atoms with Gasteiger partial charge in [0, 0.05) is 38.3 Å². The number of anilines is 1. The number of hydrogen-bond acceptors (Lipinski definition) is 5. The van der Waals surface area contributed by atoms with Gasteiger partial charge in [0.15, 0.2) is 11.5 Å². The first-order valence-corrected chi connectivity index (χ1v) is 9.15. The van der Waals surface area contributed by atoms with Crippen LogP contribution in [0.3, 0.4) is 0 Å². The summed E-state index contributed by atoms with van der Waals surface area (Å²) >= 11 is 5.96. The summed E-state index contributed by atoms with van der Waals surface area (Å²) in [6.07, 6.45) is 4.09. The minimum atomic E-state index is -0.934. The summed E-state index contributed by atoms with van der Waals surface area (Å²) in [7, 11) is 0. The molecule has 1 aromatic heterocycles. The normalized spacial score (nSPS) is 29.9. The second-order valence-corrected chi connectivity index (χ2v) is 7.45. The Labute approximate surface area is 151 Å². The molecule has 1 aliphatic carbocycles. The Morgan fingerprint density at radius 2 is 2.16 bits per heavy atom. The quantitative estimate of drug-likeness (QED) is 0.893. The summed E-state index contributed by atoms with van der Waals surface area (Å²) < 4.78 is 12.5. The molecule has 5 rings (SSSR count). The summed E-state index contributed by atoms with van der Waals surface area (Å²) in [5, 5.41) is 4.19. The number of para-hydroxylation sites is 1. The lowest BCUT2D eigenvalue weighted by atomic mass is 9.83. The third kappa shape index (κ3) is 2.37. The average molecular weight is 358 g/mol. The lowest BCUT2D eigenvalue weighted by molar-refractivity contribution is -0.0716. The second-order valence-electron chi connectivity index (χ2n) is 7.01. The zero-order valence-electron chi connectivity index (χ0n) is 14.0. The van der Waals surface area contributed by atoms with E-state index in [9.17, 15) is 0 Å². The van der Waals surface area contributed by atoms with Crippen molar-refractivity contribution in [2.24, 2.45) is 0 Å². The Balaban J connectivity index is 1.50. The van der Waals surface area contributed by atoms with Crippen molar-refractivity contribution in [3.05, 3.63) is 47.2 Å². The zero-order chi connectivity index (χ0) is 17.0. The maximum absolute atomic E-state index is 6.32. The van der Waals surface area contributed by atoms with Crippen LogP contribution in [-0.4, -0.2) is 30.2 Å². The van der Waals surface area contributed by atoms with Crippen LogP contribution in [0.2, 0.25) is 5.02 Å². The van der Waals surface area contributed by atoms with Gasteiger partial charge in [-0.1, -0.05) is 17.7 Å². The van der Waals surface area contributed by atoms with Gasteiger partial charge in [-0.3, -0.25) is 4.98 Å². The summed E-state index contributed by atoms with van der Waals surface area (Å²) in [5.41, 5.74) is 1.83. The molecule has 2 aliphatic heterocycles. The molecule has 3 aliphatic rings. The number of piperazine rings is 1. The van der Waals surface area contributed by atoms with Crippen molar-refractivity contribution >= 4 is 17.3 Å². The van der Waals surface area contributed by atoms with Gasteiger partial charge in [-0.05, 0) is 37.1 Å². The van der Waals surface area contributed by atoms with E-state index in [2.05, 4.69) is 21.3 Å². The Morgan fingerprint density at radius 1 is 1.24 bits per heavy atom. The molecule has 2 fully saturated rings. The molecule has 130 valence electrons. The van der Waals surface area contributed by atoms with Gasteiger partial charge in [0.2, 0.25) is 0 Å². The number of fused-ring (bicyclic) bond motifs is 2. The van der Waals surface area contributed by atoms with Gasteiger partial charge in [-0.15, -0.1) is 0 Å². The van der Waals surface area contributed by atoms with Gasteiger partial charge in [-0.2, -0.15) is 0 Å². The number of rotatable bonds is 2. The van der Waals surface area contributed by atoms with Crippen molar-refractivity contribution in [2.75, 3.05) is 18.0 Å². The molecule has 0 spiro atoms. The molecule has 0 amide bonds. The predicted molar refractivity (Wildman–Crippen MR) is 96.5 cm³/mol. The highest BCUT2D eigenvalue weighted by atomic mass is 35.5. The van der Waals surface area contributed by atoms with E-state index in [1.807, 2.05) is 25.1 Å². The fourth-order valence-corrected chi connectivity index (χ4v) is 4.13. The van der Waals surface area contributed by atoms with Crippen molar-refractivity contribution in [3.8, 4) is 11.5 Å². The number of nitrogens with one attached hydrogen (secondary N) is 1. The topological polar surface area (TPSA) is 46.6 Å². The van der Waals surface area contributed by atoms with Gasteiger partial charge >= 0.3 is 0 Å². The van der Waals surface area contributed by atoms with Crippen LogP contribution in [0.15, 0.2) is 36.5 Å². The number of halogens is 1. The van der Waals surface area contributed by atoms with Crippen LogP contribution in [0.4, 0.5) is 5.69 Å². The van der Waals surface area contributed by atoms with Crippen LogP contribution in [0.1, 0.15) is 25.5 Å². The predicted octanol–water partition coefficient (Wildman–Crippen LogP) is 3.32. The Kier molecular flexibility index (Phi) is 3.37. The van der Waals surface area contributed by atoms with Gasteiger partial charge in [-0.25, -0.2) is 0 Å². The number of benzene rings is 1. The molecule has 2 aromatic rings. The van der Waals surface area contributed by atoms with Crippen molar-refractivity contribution in [2.45, 2.75) is 37.6 Å². The van der Waals surface area contributed by atoms with Crippen molar-refractivity contribution in [1.82, 2.24) is 10.3 Å². The molecule has 1 aromatic carbocycles. The van der Waals surface area contributed by atoms with Crippen LogP contribution in [0.25, 0.3) is 0 Å². The summed E-state index contributed by atoms with van der Waals surface area (Å²) in [5.74, 6) is 0.649. The van der Waals surface area contributed by atoms with E-state index < -0.39 is 5.79 Å². The molecule has 6 heteroatoms. The lowest BCUT2D eigenvalue weighted by Gasteiger charge is -2.50. The highest BCUT2D eigenvalue weighted by Crippen LogP contribution is 2.50. The number of ether oxygens (including phenoxy) is 2. The Hall–Kier alpha value is -1.98. The van der Waals surface area contributed by atoms with Gasteiger partial charge in [0.05, 0.1) is 10.7 Å². The minimum Gasteiger partial charge on any atom is -0.443 e. The number of aromatic nitrogens is 1. The summed E-state index contributed by atoms with van der Waals surface area (Å²) in [6.45, 7) is 3.88. The van der Waals surface area contributed by atoms with Gasteiger partial charge < -0.3 is 19.7 Å². The SMILES string of the molecule is CC1(c2ccc(Cl)cn2)Oc2cccc(N3CCN[C@@H]4CC[C@H]43)c2O1. The van der Waals surface area contributed by atoms with Gasteiger partial charge in [0.25, 0.3) is 5.79 Å². The van der Waals surface area contributed by atoms with Crippen LogP contribution >= 0.6 is 11.6 Å². The molecule has 25 heavy (non-hydrogen) atoms. The van der Waals surface area contributed by atoms with Gasteiger partial charge in [0.1, 0.15) is 5.69 Å². The van der Waals surface area contributed by atoms with Crippen LogP contribution in [0.5, 0.6) is 11.5 Å². The van der Waals surface area contributed by atoms with Crippen molar-refractivity contribution in [3.63, 3.8) is 0 Å². The first kappa shape index (κ1) is 15.3. The highest BCUT2D eigenvalue weighted by Gasteiger charge is 2.44. The molecule has 0 bridgehead atoms. The molecule has 3 heterocycles. The van der Waals surface area contributed by atoms with E-state index in [4.69, 9.17) is 21.1 Å². The summed E-state index contributed by atoms with van der Waals surface area (Å²) in [4.78, 5) is 6.86. The molecule has 3 atom stereocenters. The first-order chi connectivity index (χ1) is 12.1. The maximum Gasteiger partial charge on any atom is 0.292 e. The molecule has 1 saturated heterocycles. The molecule has 1 saturated carbocycles. The Morgan fingerprint density at radius 3 is 2.92 bits per heavy atom. The number of pyridine rings is 1. The smallest absolute Gasteiger partial charge is 0.292 e. The number of nitrogens with zero attached hydrogens (tertiary/aromatic N) is 2. The third-order valence-corrected chi connectivity index (χ3v) is 5.68. The van der Waals surface area contributed by atoms with Crippen LogP contribution < -0.4 is 19.7 Å². The van der Waals surface area contributed by atoms with E-state index >= 15 is 0 Å². The largest absolute Gasteiger partial charge is 0.443 e. The van der Waals surface area contributed by atoms with Crippen LogP contribution in [0, 0.1) is 0 Å². The standard InChI is InChI=1S/C19H20ClN3O2/c1-19(17-8-5-12(20)11-22-17)24-16-4-2-3-15(18(16)25-19)23-10-9-21-13-6-7-14(13)23/h2-5,8,11,13-14,21H,6-7,9-10H2,1H3/t13-,14-,19?/m1/s1. The second kappa shape index (κ2) is 5.51. The maximum atomic E-state index is 6.32. The van der Waals surface area contributed by atoms with E-state index in [0.29, 0.717) is 22.8 Å². The molecule has 1 N–H and O–H groups in total. The monoisotopic (exact) mass is 357 g/mol. The van der Waals surface area contributed by atoms with E-state index in [0.717, 1.165) is 30.3 Å². The van der Waals surface area contributed by atoms with Crippen molar-refractivity contribution in [1.29, 1.82) is 0 Å². The molecular formula is C19H20ClN3O2. The fourth-order valence-electron chi connectivity index (χ4n) is 4.02. The first-order valence-electron chi connectivity index (χ1n) is 8.77. The van der Waals surface area contributed by atoms with Crippen LogP contribution in [-0.2, 0) is 5.79 Å². The van der Waals surface area contributed by atoms with Crippen molar-refractivity contribution < 1.29 is 9.47 Å². The molecule has 0 radical (unpaired) electrons. The van der Waals surface area contributed by atoms with E-state index in [1.54, 1.807) is 12.3 Å².